The molecule has 18 atom stereocenters. The second-order valence-corrected chi connectivity index (χ2v) is 16.6. The molecule has 2 heterocycles. The van der Waals surface area contributed by atoms with Crippen LogP contribution in [0.3, 0.4) is 0 Å². The Morgan fingerprint density at radius 3 is 1.90 bits per heavy atom. The van der Waals surface area contributed by atoms with Gasteiger partial charge in [-0.05, 0) is 31.8 Å². The van der Waals surface area contributed by atoms with Crippen LogP contribution in [0.25, 0.3) is 0 Å². The third-order valence-corrected chi connectivity index (χ3v) is 14.2. The Morgan fingerprint density at radius 2 is 1.33 bits per heavy atom. The van der Waals surface area contributed by atoms with E-state index >= 15 is 0 Å². The van der Waals surface area contributed by atoms with Gasteiger partial charge in [0, 0.05) is 63.2 Å². The van der Waals surface area contributed by atoms with Gasteiger partial charge in [-0.3, -0.25) is 24.0 Å². The largest absolute Gasteiger partial charge is 0.462 e. The molecule has 0 bridgehead atoms. The second-order valence-electron chi connectivity index (χ2n) is 16.6. The number of carbonyl (C=O) groups is 6. The highest BCUT2D eigenvalue weighted by Crippen LogP contribution is 2.76. The first-order valence-electron chi connectivity index (χ1n) is 17.5. The minimum Gasteiger partial charge on any atom is -0.462 e. The van der Waals surface area contributed by atoms with E-state index in [1.54, 1.807) is 19.9 Å². The van der Waals surface area contributed by atoms with Crippen LogP contribution in [-0.4, -0.2) is 105 Å². The maximum absolute atomic E-state index is 14.6. The van der Waals surface area contributed by atoms with Crippen LogP contribution in [0.2, 0.25) is 0 Å². The number of aliphatic hydroxyl groups excluding tert-OH is 1. The number of ether oxygens (including phenoxy) is 6. The molecule has 15 heteroatoms. The Kier molecular flexibility index (Phi) is 7.64. The molecule has 0 spiro atoms. The number of allylic oxidation sites excluding steroid dienone is 1. The number of hydrogen-bond acceptors (Lipinski definition) is 15. The molecule has 5 aliphatic carbocycles. The predicted octanol–water partition coefficient (Wildman–Crippen LogP) is 0.528. The van der Waals surface area contributed by atoms with Crippen molar-refractivity contribution in [1.82, 2.24) is 0 Å². The van der Waals surface area contributed by atoms with Crippen LogP contribution < -0.4 is 0 Å². The van der Waals surface area contributed by atoms with Gasteiger partial charge in [0.15, 0.2) is 11.4 Å². The van der Waals surface area contributed by atoms with Gasteiger partial charge in [0.05, 0.1) is 16.9 Å². The zero-order chi connectivity index (χ0) is 37.7. The number of Topliss-reactive ketones (excluding diaryl/α,β-unsaturated/α-hetero) is 1. The zero-order valence-corrected chi connectivity index (χ0v) is 30.0. The fourth-order valence-electron chi connectivity index (χ4n) is 12.2. The van der Waals surface area contributed by atoms with Crippen molar-refractivity contribution in [1.29, 1.82) is 0 Å². The monoisotopic (exact) mass is 718 g/mol. The van der Waals surface area contributed by atoms with Crippen molar-refractivity contribution in [3.05, 3.63) is 11.8 Å². The van der Waals surface area contributed by atoms with Crippen molar-refractivity contribution < 1.29 is 72.5 Å². The summed E-state index contributed by atoms with van der Waals surface area (Å²) in [6.07, 6.45) is -7.35. The Labute approximate surface area is 294 Å². The normalized spacial score (nSPS) is 53.0. The van der Waals surface area contributed by atoms with Crippen molar-refractivity contribution >= 4 is 35.6 Å². The summed E-state index contributed by atoms with van der Waals surface area (Å²) in [5.74, 6) is -10.7. The molecule has 4 saturated carbocycles. The highest BCUT2D eigenvalue weighted by atomic mass is 16.6. The summed E-state index contributed by atoms with van der Waals surface area (Å²) in [4.78, 5) is 79.8. The molecule has 0 aromatic carbocycles. The fraction of sp³-hybridized carbons (Fsp3) is 0.778. The van der Waals surface area contributed by atoms with Crippen LogP contribution in [0.15, 0.2) is 11.8 Å². The zero-order valence-electron chi connectivity index (χ0n) is 30.0. The van der Waals surface area contributed by atoms with Crippen molar-refractivity contribution in [3.8, 4) is 0 Å². The molecule has 0 radical (unpaired) electrons. The topological polar surface area (TPSA) is 222 Å². The van der Waals surface area contributed by atoms with Crippen LogP contribution in [0.1, 0.15) is 68.7 Å². The number of fused-ring (bicyclic) bond motifs is 10. The van der Waals surface area contributed by atoms with E-state index in [4.69, 9.17) is 28.4 Å². The van der Waals surface area contributed by atoms with Crippen molar-refractivity contribution in [2.24, 2.45) is 51.8 Å². The van der Waals surface area contributed by atoms with Crippen molar-refractivity contribution in [2.75, 3.05) is 0 Å². The summed E-state index contributed by atoms with van der Waals surface area (Å²) in [6.45, 7) is 12.7. The summed E-state index contributed by atoms with van der Waals surface area (Å²) in [5, 5.41) is 36.7. The lowest BCUT2D eigenvalue weighted by Crippen LogP contribution is -2.80. The average molecular weight is 719 g/mol. The Morgan fingerprint density at radius 1 is 0.784 bits per heavy atom. The van der Waals surface area contributed by atoms with E-state index in [9.17, 15) is 44.1 Å². The molecule has 51 heavy (non-hydrogen) atoms. The van der Waals surface area contributed by atoms with Gasteiger partial charge in [0.25, 0.3) is 0 Å². The lowest BCUT2D eigenvalue weighted by Gasteiger charge is -2.67. The SMILES string of the molecule is CC(=O)OC1C2C3C(O)C(=O)C4(O)CC5OC5C(OC(C)=O)C4(C)C3C(OC(C)=O)C(OC(C)=O)C2(C)C2C(C)C=C3OC(=O)C(C)(O)C3(C)C12. The predicted molar refractivity (Wildman–Crippen MR) is 167 cm³/mol. The molecule has 3 N–H and O–H groups in total. The third kappa shape index (κ3) is 4.25. The van der Waals surface area contributed by atoms with Crippen LogP contribution in [-0.2, 0) is 57.2 Å². The van der Waals surface area contributed by atoms with Crippen molar-refractivity contribution in [3.63, 3.8) is 0 Å². The van der Waals surface area contributed by atoms with E-state index < -0.39 is 141 Å². The highest BCUT2D eigenvalue weighted by molar-refractivity contribution is 5.94. The summed E-state index contributed by atoms with van der Waals surface area (Å²) in [6, 6.07) is 0. The van der Waals surface area contributed by atoms with E-state index in [0.717, 1.165) is 13.8 Å². The van der Waals surface area contributed by atoms with Gasteiger partial charge >= 0.3 is 29.8 Å². The molecular formula is C36H46O15. The molecule has 7 aliphatic rings. The van der Waals surface area contributed by atoms with Crippen LogP contribution in [0.5, 0.6) is 0 Å². The standard InChI is InChI=1S/C36H46O15/c1-12-10-18-33(7,35(9,44)31(43)51-18)23-20(12)32(6)21(26(23)46-13(2)37)19-22(27(47-14(3)38)29(32)48-15(4)39)34(8)30(49-16(5)40)25-17(50-25)11-36(34,45)28(42)24(19)41/h10,12,17,19-27,29-30,41,44-45H,11H2,1-9H3. The Balaban J connectivity index is 1.55. The molecule has 280 valence electrons. The Hall–Kier alpha value is -3.40. The quantitative estimate of drug-likeness (QED) is 0.205. The van der Waals surface area contributed by atoms with Gasteiger partial charge in [-0.15, -0.1) is 0 Å². The minimum atomic E-state index is -2.38. The average Bonchev–Trinajstić information content (AvgIpc) is 3.67. The third-order valence-electron chi connectivity index (χ3n) is 14.2. The number of aliphatic hydroxyl groups is 3. The molecule has 6 fully saturated rings. The first-order chi connectivity index (χ1) is 23.5. The molecule has 0 aromatic rings. The molecule has 2 saturated heterocycles. The smallest absolute Gasteiger partial charge is 0.343 e. The lowest BCUT2D eigenvalue weighted by molar-refractivity contribution is -0.296. The summed E-state index contributed by atoms with van der Waals surface area (Å²) < 4.78 is 35.8. The van der Waals surface area contributed by atoms with Gasteiger partial charge in [-0.2, -0.15) is 0 Å². The van der Waals surface area contributed by atoms with Crippen LogP contribution in [0, 0.1) is 51.8 Å². The molecule has 0 aromatic heterocycles. The maximum Gasteiger partial charge on any atom is 0.343 e. The highest BCUT2D eigenvalue weighted by Gasteiger charge is 2.86. The van der Waals surface area contributed by atoms with E-state index in [1.807, 2.05) is 6.92 Å². The van der Waals surface area contributed by atoms with Crippen molar-refractivity contribution in [2.45, 2.75) is 123 Å². The number of hydrogen-bond donors (Lipinski definition) is 3. The van der Waals surface area contributed by atoms with Gasteiger partial charge < -0.3 is 43.7 Å². The first-order valence-corrected chi connectivity index (χ1v) is 17.5. The van der Waals surface area contributed by atoms with Gasteiger partial charge in [-0.25, -0.2) is 4.79 Å². The number of esters is 5. The first kappa shape index (κ1) is 36.0. The minimum absolute atomic E-state index is 0.156. The van der Waals surface area contributed by atoms with E-state index in [2.05, 4.69) is 0 Å². The molecule has 18 unspecified atom stereocenters. The number of ketones is 1. The number of rotatable bonds is 4. The molecule has 2 aliphatic heterocycles. The van der Waals surface area contributed by atoms with Gasteiger partial charge in [-0.1, -0.05) is 20.8 Å². The summed E-state index contributed by atoms with van der Waals surface area (Å²) in [5.41, 5.74) is -9.32. The number of carbonyl (C=O) groups excluding carboxylic acids is 6. The Bertz CT molecular complexity index is 1670. The van der Waals surface area contributed by atoms with E-state index in [-0.39, 0.29) is 12.2 Å². The maximum atomic E-state index is 14.6. The van der Waals surface area contributed by atoms with E-state index in [1.165, 1.54) is 27.7 Å². The van der Waals surface area contributed by atoms with E-state index in [0.29, 0.717) is 0 Å². The van der Waals surface area contributed by atoms with Gasteiger partial charge in [0.2, 0.25) is 0 Å². The summed E-state index contributed by atoms with van der Waals surface area (Å²) >= 11 is 0. The molecule has 7 rings (SSSR count). The summed E-state index contributed by atoms with van der Waals surface area (Å²) in [7, 11) is 0. The van der Waals surface area contributed by atoms with Crippen LogP contribution in [0.4, 0.5) is 0 Å². The molecule has 15 nitrogen and oxygen atoms in total. The lowest BCUT2D eigenvalue weighted by atomic mass is 9.40. The molecular weight excluding hydrogens is 672 g/mol. The number of epoxide rings is 1. The van der Waals surface area contributed by atoms with Crippen LogP contribution >= 0.6 is 0 Å². The second kappa shape index (κ2) is 10.8. The van der Waals surface area contributed by atoms with Gasteiger partial charge in [0.1, 0.15) is 48.0 Å². The fourth-order valence-corrected chi connectivity index (χ4v) is 12.2. The molecule has 0 amide bonds.